The van der Waals surface area contributed by atoms with Crippen LogP contribution in [0.4, 0.5) is 18.0 Å². The lowest BCUT2D eigenvalue weighted by molar-refractivity contribution is -0.174. The molecule has 1 aliphatic rings. The summed E-state index contributed by atoms with van der Waals surface area (Å²) in [6, 6.07) is 0. The van der Waals surface area contributed by atoms with E-state index in [2.05, 4.69) is 0 Å². The van der Waals surface area contributed by atoms with Gasteiger partial charge in [-0.15, -0.1) is 0 Å². The van der Waals surface area contributed by atoms with Crippen LogP contribution in [-0.4, -0.2) is 59.0 Å². The predicted octanol–water partition coefficient (Wildman–Crippen LogP) is 1.04. The van der Waals surface area contributed by atoms with Crippen LogP contribution in [0.3, 0.4) is 0 Å². The Morgan fingerprint density at radius 1 is 1.33 bits per heavy atom. The number of carbonyl (C=O) groups is 2. The van der Waals surface area contributed by atoms with E-state index < -0.39 is 35.9 Å². The number of carbonyl (C=O) groups excluding carboxylic acids is 2. The van der Waals surface area contributed by atoms with E-state index in [0.29, 0.717) is 0 Å². The van der Waals surface area contributed by atoms with Crippen molar-refractivity contribution in [3.63, 3.8) is 0 Å². The molecular weight excluding hydrogens is 293 g/mol. The number of amides is 2. The number of nitrogens with one attached hydrogen (secondary N) is 1. The van der Waals surface area contributed by atoms with Crippen molar-refractivity contribution >= 4 is 12.0 Å². The Morgan fingerprint density at radius 2 is 1.90 bits per heavy atom. The van der Waals surface area contributed by atoms with E-state index in [1.165, 1.54) is 4.90 Å². The smallest absolute Gasteiger partial charge is 0.444 e. The fourth-order valence-electron chi connectivity index (χ4n) is 1.83. The third-order valence-corrected chi connectivity index (χ3v) is 2.82. The highest BCUT2D eigenvalue weighted by molar-refractivity contribution is 5.81. The van der Waals surface area contributed by atoms with E-state index in [1.807, 2.05) is 0 Å². The molecule has 1 heterocycles. The van der Waals surface area contributed by atoms with Crippen LogP contribution in [-0.2, 0) is 9.53 Å². The molecular formula is C12H19F3N2O4. The maximum absolute atomic E-state index is 12.1. The molecule has 6 nitrogen and oxygen atoms in total. The first kappa shape index (κ1) is 17.5. The summed E-state index contributed by atoms with van der Waals surface area (Å²) >= 11 is 0. The Labute approximate surface area is 120 Å². The van der Waals surface area contributed by atoms with Gasteiger partial charge in [0.2, 0.25) is 0 Å². The predicted molar refractivity (Wildman–Crippen MR) is 66.4 cm³/mol. The van der Waals surface area contributed by atoms with Gasteiger partial charge in [0.1, 0.15) is 11.2 Å². The van der Waals surface area contributed by atoms with Gasteiger partial charge in [0, 0.05) is 13.1 Å². The second kappa shape index (κ2) is 5.70. The van der Waals surface area contributed by atoms with Gasteiger partial charge >= 0.3 is 18.2 Å². The van der Waals surface area contributed by atoms with Crippen molar-refractivity contribution in [2.75, 3.05) is 19.6 Å². The Balaban J connectivity index is 2.52. The van der Waals surface area contributed by atoms with Gasteiger partial charge in [-0.1, -0.05) is 0 Å². The molecule has 1 aliphatic heterocycles. The van der Waals surface area contributed by atoms with Gasteiger partial charge in [0.15, 0.2) is 0 Å². The molecule has 2 N–H and O–H groups in total. The molecule has 122 valence electrons. The molecule has 0 aromatic carbocycles. The van der Waals surface area contributed by atoms with Crippen LogP contribution in [0.1, 0.15) is 27.2 Å². The number of nitrogens with zero attached hydrogens (tertiary/aromatic N) is 1. The first-order chi connectivity index (χ1) is 9.32. The molecule has 9 heteroatoms. The molecule has 2 amide bonds. The summed E-state index contributed by atoms with van der Waals surface area (Å²) < 4.78 is 41.3. The average molecular weight is 312 g/mol. The second-order valence-electron chi connectivity index (χ2n) is 6.06. The van der Waals surface area contributed by atoms with E-state index >= 15 is 0 Å². The van der Waals surface area contributed by atoms with Gasteiger partial charge in [-0.2, -0.15) is 13.2 Å². The summed E-state index contributed by atoms with van der Waals surface area (Å²) in [7, 11) is 0. The summed E-state index contributed by atoms with van der Waals surface area (Å²) in [5, 5.41) is 11.7. The van der Waals surface area contributed by atoms with E-state index in [4.69, 9.17) is 4.74 Å². The van der Waals surface area contributed by atoms with Crippen molar-refractivity contribution in [2.45, 2.75) is 44.6 Å². The van der Waals surface area contributed by atoms with E-state index in [0.717, 1.165) is 0 Å². The molecule has 0 aliphatic carbocycles. The molecule has 0 aromatic rings. The highest BCUT2D eigenvalue weighted by atomic mass is 19.4. The zero-order valence-corrected chi connectivity index (χ0v) is 12.1. The highest BCUT2D eigenvalue weighted by Crippen LogP contribution is 2.23. The fourth-order valence-corrected chi connectivity index (χ4v) is 1.83. The summed E-state index contributed by atoms with van der Waals surface area (Å²) in [4.78, 5) is 23.7. The Bertz CT molecular complexity index is 420. The molecule has 1 saturated heterocycles. The average Bonchev–Trinajstić information content (AvgIpc) is 2.66. The molecule has 21 heavy (non-hydrogen) atoms. The first-order valence-corrected chi connectivity index (χ1v) is 6.38. The molecule has 0 saturated carbocycles. The molecule has 1 rings (SSSR count). The fraction of sp³-hybridized carbons (Fsp3) is 0.833. The van der Waals surface area contributed by atoms with Crippen molar-refractivity contribution in [3.05, 3.63) is 0 Å². The maximum atomic E-state index is 12.1. The minimum Gasteiger partial charge on any atom is -0.444 e. The van der Waals surface area contributed by atoms with Crippen LogP contribution in [0.5, 0.6) is 0 Å². The van der Waals surface area contributed by atoms with E-state index in [1.54, 1.807) is 26.1 Å². The molecule has 1 fully saturated rings. The van der Waals surface area contributed by atoms with Crippen LogP contribution in [0.2, 0.25) is 0 Å². The number of ether oxygens (including phenoxy) is 1. The lowest BCUT2D eigenvalue weighted by Gasteiger charge is -2.26. The Kier molecular flexibility index (Phi) is 4.76. The van der Waals surface area contributed by atoms with Crippen LogP contribution in [0.15, 0.2) is 0 Å². The van der Waals surface area contributed by atoms with Gasteiger partial charge in [-0.3, -0.25) is 4.79 Å². The topological polar surface area (TPSA) is 78.9 Å². The minimum atomic E-state index is -5.00. The monoisotopic (exact) mass is 312 g/mol. The third kappa shape index (κ3) is 5.41. The normalized spacial score (nSPS) is 23.1. The molecule has 1 unspecified atom stereocenters. The lowest BCUT2D eigenvalue weighted by atomic mass is 10.0. The van der Waals surface area contributed by atoms with Crippen molar-refractivity contribution in [3.8, 4) is 0 Å². The van der Waals surface area contributed by atoms with Crippen molar-refractivity contribution < 1.29 is 32.6 Å². The van der Waals surface area contributed by atoms with Gasteiger partial charge in [-0.05, 0) is 27.2 Å². The zero-order chi connectivity index (χ0) is 16.5. The number of aliphatic hydroxyl groups is 1. The number of hydrogen-bond acceptors (Lipinski definition) is 4. The Hall–Kier alpha value is -1.51. The van der Waals surface area contributed by atoms with Crippen LogP contribution in [0, 0.1) is 0 Å². The highest BCUT2D eigenvalue weighted by Gasteiger charge is 2.43. The van der Waals surface area contributed by atoms with Gasteiger partial charge in [-0.25, -0.2) is 4.79 Å². The van der Waals surface area contributed by atoms with Crippen molar-refractivity contribution in [2.24, 2.45) is 0 Å². The SMILES string of the molecule is CC(C)(C)OC(=O)N1CCC(O)(CNC(=O)C(F)(F)F)C1. The summed E-state index contributed by atoms with van der Waals surface area (Å²) in [6.07, 6.45) is -5.59. The summed E-state index contributed by atoms with van der Waals surface area (Å²) in [5.74, 6) is -2.12. The van der Waals surface area contributed by atoms with E-state index in [9.17, 15) is 27.9 Å². The minimum absolute atomic E-state index is 0.0599. The first-order valence-electron chi connectivity index (χ1n) is 6.38. The summed E-state index contributed by atoms with van der Waals surface area (Å²) in [5.41, 5.74) is -2.29. The van der Waals surface area contributed by atoms with Crippen LogP contribution in [0.25, 0.3) is 0 Å². The largest absolute Gasteiger partial charge is 0.471 e. The van der Waals surface area contributed by atoms with Gasteiger partial charge < -0.3 is 20.1 Å². The van der Waals surface area contributed by atoms with Crippen molar-refractivity contribution in [1.82, 2.24) is 10.2 Å². The Morgan fingerprint density at radius 3 is 2.38 bits per heavy atom. The number of hydrogen-bond donors (Lipinski definition) is 2. The molecule has 1 atom stereocenters. The molecule has 0 spiro atoms. The van der Waals surface area contributed by atoms with Crippen LogP contribution < -0.4 is 5.32 Å². The van der Waals surface area contributed by atoms with Gasteiger partial charge in [0.05, 0.1) is 6.54 Å². The number of halogens is 3. The van der Waals surface area contributed by atoms with E-state index in [-0.39, 0.29) is 19.5 Å². The number of β-amino-alcohol motifs (C(OH)–C–C–N with tert-alkyl or cyclic N) is 1. The quantitative estimate of drug-likeness (QED) is 0.798. The second-order valence-corrected chi connectivity index (χ2v) is 6.06. The molecule has 0 aromatic heterocycles. The summed E-state index contributed by atoms with van der Waals surface area (Å²) in [6.45, 7) is 4.40. The lowest BCUT2D eigenvalue weighted by Crippen LogP contribution is -2.49. The zero-order valence-electron chi connectivity index (χ0n) is 12.1. The maximum Gasteiger partial charge on any atom is 0.471 e. The molecule has 0 radical (unpaired) electrons. The number of rotatable bonds is 2. The van der Waals surface area contributed by atoms with Crippen LogP contribution >= 0.6 is 0 Å². The molecule has 0 bridgehead atoms. The number of alkyl halides is 3. The standard InChI is InChI=1S/C12H19F3N2O4/c1-10(2,3)21-9(19)17-5-4-11(20,7-17)6-16-8(18)12(13,14)15/h20H,4-7H2,1-3H3,(H,16,18). The number of likely N-dealkylation sites (tertiary alicyclic amines) is 1. The van der Waals surface area contributed by atoms with Crippen molar-refractivity contribution in [1.29, 1.82) is 0 Å². The van der Waals surface area contributed by atoms with Gasteiger partial charge in [0.25, 0.3) is 0 Å². The third-order valence-electron chi connectivity index (χ3n) is 2.82.